The molecule has 0 aromatic heterocycles. The average molecular weight is 394 g/mol. The average Bonchev–Trinajstić information content (AvgIpc) is 3.05. The molecule has 8 heteroatoms. The molecule has 1 amide bonds. The van der Waals surface area contributed by atoms with Crippen molar-refractivity contribution in [3.05, 3.63) is 59.2 Å². The van der Waals surface area contributed by atoms with Crippen LogP contribution in [-0.4, -0.2) is 38.3 Å². The van der Waals surface area contributed by atoms with Gasteiger partial charge in [0.15, 0.2) is 0 Å². The Morgan fingerprint density at radius 2 is 1.74 bits per heavy atom. The summed E-state index contributed by atoms with van der Waals surface area (Å²) in [6, 6.07) is 7.75. The van der Waals surface area contributed by atoms with E-state index < -0.39 is 33.1 Å². The second-order valence-electron chi connectivity index (χ2n) is 6.18. The Hall–Kier alpha value is -2.32. The first-order valence-electron chi connectivity index (χ1n) is 8.70. The molecule has 0 unspecified atom stereocenters. The molecule has 27 heavy (non-hydrogen) atoms. The maximum absolute atomic E-state index is 13.9. The smallest absolute Gasteiger partial charge is 0.264 e. The minimum atomic E-state index is -3.62. The van der Waals surface area contributed by atoms with Crippen LogP contribution in [0.1, 0.15) is 29.8 Å². The number of halogens is 2. The van der Waals surface area contributed by atoms with E-state index in [0.29, 0.717) is 30.8 Å². The lowest BCUT2D eigenvalue weighted by Crippen LogP contribution is -2.31. The van der Waals surface area contributed by atoms with Gasteiger partial charge in [0.25, 0.3) is 5.91 Å². The van der Waals surface area contributed by atoms with Crippen LogP contribution < -0.4 is 4.90 Å². The van der Waals surface area contributed by atoms with Gasteiger partial charge in [-0.25, -0.2) is 17.2 Å². The van der Waals surface area contributed by atoms with E-state index in [-0.39, 0.29) is 11.4 Å². The fourth-order valence-corrected chi connectivity index (χ4v) is 4.81. The van der Waals surface area contributed by atoms with Crippen LogP contribution in [0.2, 0.25) is 0 Å². The van der Waals surface area contributed by atoms with Crippen LogP contribution >= 0.6 is 0 Å². The Morgan fingerprint density at radius 3 is 2.33 bits per heavy atom. The van der Waals surface area contributed by atoms with Gasteiger partial charge in [-0.1, -0.05) is 19.9 Å². The number of amides is 1. The lowest BCUT2D eigenvalue weighted by molar-refractivity contribution is 0.0981. The van der Waals surface area contributed by atoms with Gasteiger partial charge in [-0.15, -0.1) is 0 Å². The molecule has 1 aliphatic heterocycles. The molecular formula is C19H20F2N2O3S. The largest absolute Gasteiger partial charge is 0.308 e. The van der Waals surface area contributed by atoms with E-state index in [1.165, 1.54) is 33.5 Å². The van der Waals surface area contributed by atoms with E-state index in [2.05, 4.69) is 0 Å². The summed E-state index contributed by atoms with van der Waals surface area (Å²) >= 11 is 0. The van der Waals surface area contributed by atoms with E-state index in [4.69, 9.17) is 0 Å². The molecule has 0 saturated heterocycles. The Morgan fingerprint density at radius 1 is 1.11 bits per heavy atom. The molecule has 0 N–H and O–H groups in total. The number of hydrogen-bond acceptors (Lipinski definition) is 3. The topological polar surface area (TPSA) is 57.7 Å². The molecule has 2 aromatic carbocycles. The molecule has 0 spiro atoms. The lowest BCUT2D eigenvalue weighted by atomic mass is 10.1. The summed E-state index contributed by atoms with van der Waals surface area (Å²) in [5, 5.41) is 0. The Labute approximate surface area is 157 Å². The van der Waals surface area contributed by atoms with Gasteiger partial charge in [0, 0.05) is 25.3 Å². The molecule has 1 heterocycles. The van der Waals surface area contributed by atoms with Gasteiger partial charge in [-0.3, -0.25) is 4.79 Å². The van der Waals surface area contributed by atoms with Crippen LogP contribution in [-0.2, 0) is 16.4 Å². The van der Waals surface area contributed by atoms with Gasteiger partial charge in [0.2, 0.25) is 10.0 Å². The van der Waals surface area contributed by atoms with E-state index in [1.807, 2.05) is 0 Å². The molecule has 1 aliphatic rings. The highest BCUT2D eigenvalue weighted by Crippen LogP contribution is 2.32. The van der Waals surface area contributed by atoms with Crippen molar-refractivity contribution in [2.24, 2.45) is 0 Å². The van der Waals surface area contributed by atoms with Gasteiger partial charge in [0.05, 0.1) is 4.90 Å². The predicted octanol–water partition coefficient (Wildman–Crippen LogP) is 3.20. The van der Waals surface area contributed by atoms with Gasteiger partial charge in [-0.2, -0.15) is 4.31 Å². The van der Waals surface area contributed by atoms with Crippen LogP contribution in [0.3, 0.4) is 0 Å². The summed E-state index contributed by atoms with van der Waals surface area (Å²) in [7, 11) is -3.62. The summed E-state index contributed by atoms with van der Waals surface area (Å²) in [6.45, 7) is 4.46. The van der Waals surface area contributed by atoms with Gasteiger partial charge >= 0.3 is 0 Å². The number of carbonyl (C=O) groups is 1. The first kappa shape index (κ1) is 19.4. The molecule has 3 rings (SSSR count). The second-order valence-corrected chi connectivity index (χ2v) is 8.12. The normalized spacial score (nSPS) is 13.9. The highest BCUT2D eigenvalue weighted by molar-refractivity contribution is 7.89. The van der Waals surface area contributed by atoms with Crippen molar-refractivity contribution in [3.8, 4) is 0 Å². The number of rotatable bonds is 5. The lowest BCUT2D eigenvalue weighted by Gasteiger charge is -2.20. The number of sulfonamides is 1. The fraction of sp³-hybridized carbons (Fsp3) is 0.316. The standard InChI is InChI=1S/C19H20F2N2O3S/c1-3-22(4-2)27(25,26)14-8-9-17-13(12-14)10-11-23(17)19(24)18-15(20)6-5-7-16(18)21/h5-9,12H,3-4,10-11H2,1-2H3. The summed E-state index contributed by atoms with van der Waals surface area (Å²) in [6.07, 6.45) is 0.415. The molecule has 5 nitrogen and oxygen atoms in total. The summed E-state index contributed by atoms with van der Waals surface area (Å²) in [5.74, 6) is -2.62. The third-order valence-electron chi connectivity index (χ3n) is 4.71. The van der Waals surface area contributed by atoms with E-state index in [1.54, 1.807) is 13.8 Å². The Bertz CT molecular complexity index is 968. The van der Waals surface area contributed by atoms with Crippen molar-refractivity contribution in [1.29, 1.82) is 0 Å². The molecule has 2 aromatic rings. The third-order valence-corrected chi connectivity index (χ3v) is 6.76. The highest BCUT2D eigenvalue weighted by Gasteiger charge is 2.31. The minimum Gasteiger partial charge on any atom is -0.308 e. The number of benzene rings is 2. The van der Waals surface area contributed by atoms with Crippen molar-refractivity contribution in [1.82, 2.24) is 4.31 Å². The molecular weight excluding hydrogens is 374 g/mol. The molecule has 144 valence electrons. The molecule has 0 saturated carbocycles. The summed E-state index contributed by atoms with van der Waals surface area (Å²) < 4.78 is 54.6. The number of carbonyl (C=O) groups excluding carboxylic acids is 1. The maximum atomic E-state index is 13.9. The maximum Gasteiger partial charge on any atom is 0.264 e. The first-order valence-corrected chi connectivity index (χ1v) is 10.1. The second kappa shape index (κ2) is 7.36. The van der Waals surface area contributed by atoms with Crippen molar-refractivity contribution in [2.75, 3.05) is 24.5 Å². The Kier molecular flexibility index (Phi) is 5.30. The molecule has 0 atom stereocenters. The molecule has 0 bridgehead atoms. The van der Waals surface area contributed by atoms with Gasteiger partial charge in [-0.05, 0) is 42.3 Å². The van der Waals surface area contributed by atoms with Crippen LogP contribution in [0.4, 0.5) is 14.5 Å². The zero-order chi connectivity index (χ0) is 19.8. The van der Waals surface area contributed by atoms with Crippen LogP contribution in [0, 0.1) is 11.6 Å². The summed E-state index contributed by atoms with van der Waals surface area (Å²) in [4.78, 5) is 14.1. The molecule has 0 radical (unpaired) electrons. The van der Waals surface area contributed by atoms with Gasteiger partial charge < -0.3 is 4.90 Å². The number of nitrogens with zero attached hydrogens (tertiary/aromatic N) is 2. The number of hydrogen-bond donors (Lipinski definition) is 0. The monoisotopic (exact) mass is 394 g/mol. The zero-order valence-corrected chi connectivity index (χ0v) is 15.9. The SMILES string of the molecule is CCN(CC)S(=O)(=O)c1ccc2c(c1)CCN2C(=O)c1c(F)cccc1F. The molecule has 0 aliphatic carbocycles. The van der Waals surface area contributed by atoms with E-state index in [9.17, 15) is 22.0 Å². The number of fused-ring (bicyclic) bond motifs is 1. The summed E-state index contributed by atoms with van der Waals surface area (Å²) in [5.41, 5.74) is 0.527. The first-order chi connectivity index (χ1) is 12.8. The van der Waals surface area contributed by atoms with E-state index in [0.717, 1.165) is 12.1 Å². The Balaban J connectivity index is 1.97. The third kappa shape index (κ3) is 3.35. The zero-order valence-electron chi connectivity index (χ0n) is 15.1. The minimum absolute atomic E-state index is 0.149. The quantitative estimate of drug-likeness (QED) is 0.783. The number of anilines is 1. The van der Waals surface area contributed by atoms with E-state index >= 15 is 0 Å². The van der Waals surface area contributed by atoms with Crippen LogP contribution in [0.25, 0.3) is 0 Å². The van der Waals surface area contributed by atoms with Gasteiger partial charge in [0.1, 0.15) is 17.2 Å². The van der Waals surface area contributed by atoms with Crippen LogP contribution in [0.15, 0.2) is 41.3 Å². The molecule has 0 fully saturated rings. The van der Waals surface area contributed by atoms with Crippen LogP contribution in [0.5, 0.6) is 0 Å². The van der Waals surface area contributed by atoms with Crippen molar-refractivity contribution >= 4 is 21.6 Å². The van der Waals surface area contributed by atoms with Crippen molar-refractivity contribution < 1.29 is 22.0 Å². The van der Waals surface area contributed by atoms with Crippen molar-refractivity contribution in [2.45, 2.75) is 25.2 Å². The van der Waals surface area contributed by atoms with Crippen molar-refractivity contribution in [3.63, 3.8) is 0 Å². The fourth-order valence-electron chi connectivity index (χ4n) is 3.30. The predicted molar refractivity (Wildman–Crippen MR) is 98.3 cm³/mol. The highest BCUT2D eigenvalue weighted by atomic mass is 32.2.